The lowest BCUT2D eigenvalue weighted by Crippen LogP contribution is -2.43. The van der Waals surface area contributed by atoms with Crippen LogP contribution in [0.25, 0.3) is 32.1 Å². The molecular formula is C32H30F6N6OS. The molecule has 0 saturated carbocycles. The van der Waals surface area contributed by atoms with Gasteiger partial charge in [-0.3, -0.25) is 4.90 Å². The molecular weight excluding hydrogens is 630 g/mol. The maximum absolute atomic E-state index is 16.9. The summed E-state index contributed by atoms with van der Waals surface area (Å²) in [6, 6.07) is 4.40. The summed E-state index contributed by atoms with van der Waals surface area (Å²) < 4.78 is 96.6. The van der Waals surface area contributed by atoms with Gasteiger partial charge in [0.1, 0.15) is 41.0 Å². The molecule has 0 radical (unpaired) electrons. The Bertz CT molecular complexity index is 1880. The van der Waals surface area contributed by atoms with Crippen LogP contribution in [0.1, 0.15) is 56.1 Å². The van der Waals surface area contributed by atoms with Crippen LogP contribution in [0.4, 0.5) is 37.2 Å². The van der Waals surface area contributed by atoms with Gasteiger partial charge in [-0.1, -0.05) is 18.9 Å². The van der Waals surface area contributed by atoms with Crippen LogP contribution in [-0.2, 0) is 6.18 Å². The van der Waals surface area contributed by atoms with Crippen molar-refractivity contribution in [3.05, 3.63) is 41.0 Å². The minimum atomic E-state index is -5.04. The molecule has 3 aliphatic rings. The van der Waals surface area contributed by atoms with Crippen molar-refractivity contribution >= 4 is 43.1 Å². The van der Waals surface area contributed by atoms with Crippen molar-refractivity contribution in [3.63, 3.8) is 0 Å². The van der Waals surface area contributed by atoms with E-state index in [4.69, 9.17) is 10.5 Å². The third kappa shape index (κ3) is 5.08. The molecule has 0 aliphatic carbocycles. The first-order chi connectivity index (χ1) is 22.0. The van der Waals surface area contributed by atoms with E-state index >= 15 is 4.39 Å². The second-order valence-electron chi connectivity index (χ2n) is 12.4. The maximum atomic E-state index is 16.9. The van der Waals surface area contributed by atoms with Crippen molar-refractivity contribution in [2.24, 2.45) is 0 Å². The van der Waals surface area contributed by atoms with Crippen molar-refractivity contribution in [1.29, 1.82) is 5.26 Å². The molecule has 242 valence electrons. The van der Waals surface area contributed by atoms with Crippen molar-refractivity contribution in [2.45, 2.75) is 62.8 Å². The number of halogens is 6. The number of anilines is 2. The molecule has 4 aromatic rings. The fraction of sp³-hybridized carbons (Fsp3) is 0.469. The number of hydrogen-bond acceptors (Lipinski definition) is 8. The van der Waals surface area contributed by atoms with Crippen LogP contribution < -0.4 is 15.4 Å². The highest BCUT2D eigenvalue weighted by Gasteiger charge is 2.49. The van der Waals surface area contributed by atoms with Crippen LogP contribution in [-0.4, -0.2) is 59.4 Å². The van der Waals surface area contributed by atoms with Crippen LogP contribution >= 0.6 is 11.3 Å². The molecule has 2 N–H and O–H groups in total. The second kappa shape index (κ2) is 11.5. The zero-order chi connectivity index (χ0) is 32.4. The van der Waals surface area contributed by atoms with Crippen LogP contribution in [0.5, 0.6) is 6.01 Å². The van der Waals surface area contributed by atoms with E-state index in [1.54, 1.807) is 0 Å². The normalized spacial score (nSPS) is 22.4. The number of nitrogens with zero attached hydrogens (tertiary/aromatic N) is 5. The van der Waals surface area contributed by atoms with Gasteiger partial charge >= 0.3 is 12.2 Å². The van der Waals surface area contributed by atoms with Crippen molar-refractivity contribution in [3.8, 4) is 23.2 Å². The van der Waals surface area contributed by atoms with Gasteiger partial charge < -0.3 is 15.4 Å². The molecule has 2 aromatic heterocycles. The van der Waals surface area contributed by atoms with Gasteiger partial charge in [-0.25, -0.2) is 13.2 Å². The molecule has 46 heavy (non-hydrogen) atoms. The van der Waals surface area contributed by atoms with E-state index in [0.717, 1.165) is 56.8 Å². The molecule has 0 amide bonds. The molecule has 7 nitrogen and oxygen atoms in total. The number of ether oxygens (including phenoxy) is 1. The largest absolute Gasteiger partial charge is 0.461 e. The minimum Gasteiger partial charge on any atom is -0.461 e. The summed E-state index contributed by atoms with van der Waals surface area (Å²) in [6.45, 7) is 2.06. The van der Waals surface area contributed by atoms with E-state index in [1.807, 2.05) is 15.9 Å². The van der Waals surface area contributed by atoms with Gasteiger partial charge in [0.2, 0.25) is 0 Å². The number of alkyl halides is 4. The Morgan fingerprint density at radius 3 is 2.57 bits per heavy atom. The van der Waals surface area contributed by atoms with E-state index in [-0.39, 0.29) is 56.5 Å². The highest BCUT2D eigenvalue weighted by Crippen LogP contribution is 2.48. The van der Waals surface area contributed by atoms with Gasteiger partial charge in [0, 0.05) is 42.4 Å². The Morgan fingerprint density at radius 1 is 1.09 bits per heavy atom. The molecule has 2 aromatic carbocycles. The number of thiophene rings is 1. The predicted molar refractivity (Wildman–Crippen MR) is 164 cm³/mol. The predicted octanol–water partition coefficient (Wildman–Crippen LogP) is 7.60. The topological polar surface area (TPSA) is 91.3 Å². The number of nitrogen functional groups attached to an aromatic ring is 1. The van der Waals surface area contributed by atoms with Gasteiger partial charge in [-0.2, -0.15) is 28.4 Å². The van der Waals surface area contributed by atoms with Crippen molar-refractivity contribution in [1.82, 2.24) is 14.9 Å². The lowest BCUT2D eigenvalue weighted by Gasteiger charge is -2.31. The number of rotatable bonds is 5. The number of benzene rings is 2. The summed E-state index contributed by atoms with van der Waals surface area (Å²) in [7, 11) is 0. The van der Waals surface area contributed by atoms with Crippen LogP contribution in [0.2, 0.25) is 0 Å². The molecule has 3 aliphatic heterocycles. The number of aromatic nitrogens is 2. The Morgan fingerprint density at radius 2 is 1.85 bits per heavy atom. The zero-order valence-corrected chi connectivity index (χ0v) is 25.5. The summed E-state index contributed by atoms with van der Waals surface area (Å²) in [4.78, 5) is 12.8. The fourth-order valence-electron chi connectivity index (χ4n) is 7.42. The van der Waals surface area contributed by atoms with Crippen LogP contribution in [0.3, 0.4) is 0 Å². The van der Waals surface area contributed by atoms with Gasteiger partial charge in [-0.05, 0) is 49.9 Å². The van der Waals surface area contributed by atoms with E-state index < -0.39 is 46.2 Å². The third-order valence-corrected chi connectivity index (χ3v) is 10.6. The van der Waals surface area contributed by atoms with Crippen LogP contribution in [0.15, 0.2) is 18.2 Å². The Balaban J connectivity index is 1.46. The van der Waals surface area contributed by atoms with E-state index in [9.17, 15) is 27.2 Å². The molecule has 3 fully saturated rings. The van der Waals surface area contributed by atoms with Gasteiger partial charge in [-0.15, -0.1) is 11.3 Å². The molecule has 0 spiro atoms. The smallest absolute Gasteiger partial charge is 0.417 e. The lowest BCUT2D eigenvalue weighted by molar-refractivity contribution is -0.137. The number of hydrogen-bond donors (Lipinski definition) is 1. The van der Waals surface area contributed by atoms with E-state index in [0.29, 0.717) is 37.4 Å². The second-order valence-corrected chi connectivity index (χ2v) is 13.4. The quantitative estimate of drug-likeness (QED) is 0.221. The first kappa shape index (κ1) is 30.8. The molecule has 5 heterocycles. The molecule has 14 heteroatoms. The Labute approximate surface area is 264 Å². The monoisotopic (exact) mass is 660 g/mol. The van der Waals surface area contributed by atoms with Gasteiger partial charge in [0.25, 0.3) is 0 Å². The third-order valence-electron chi connectivity index (χ3n) is 9.53. The average Bonchev–Trinajstić information content (AvgIpc) is 3.56. The molecule has 2 unspecified atom stereocenters. The van der Waals surface area contributed by atoms with Crippen LogP contribution in [0, 0.1) is 23.0 Å². The zero-order valence-electron chi connectivity index (χ0n) is 24.7. The number of nitrogens with two attached hydrogens (primary N) is 1. The molecule has 7 rings (SSSR count). The van der Waals surface area contributed by atoms with Gasteiger partial charge in [0.15, 0.2) is 5.82 Å². The summed E-state index contributed by atoms with van der Waals surface area (Å²) in [6.07, 6.45) is -0.781. The SMILES string of the molecule is N#Cc1c(N)sc2c(F)ccc(-c3c(C(F)(F)F)cc4c(N5CCCCCC5)nc(OCC56CCCN5CC(F)C6)nc4c3F)c12. The average molecular weight is 661 g/mol. The molecule has 2 atom stereocenters. The first-order valence-electron chi connectivity index (χ1n) is 15.3. The summed E-state index contributed by atoms with van der Waals surface area (Å²) >= 11 is 0.707. The first-order valence-corrected chi connectivity index (χ1v) is 16.1. The highest BCUT2D eigenvalue weighted by molar-refractivity contribution is 7.23. The number of nitriles is 1. The summed E-state index contributed by atoms with van der Waals surface area (Å²) in [5, 5.41) is 9.34. The highest BCUT2D eigenvalue weighted by atomic mass is 32.1. The Kier molecular flexibility index (Phi) is 7.67. The van der Waals surface area contributed by atoms with E-state index in [2.05, 4.69) is 9.97 Å². The summed E-state index contributed by atoms with van der Waals surface area (Å²) in [5.41, 5.74) is 2.23. The van der Waals surface area contributed by atoms with Crippen molar-refractivity contribution < 1.29 is 31.1 Å². The molecule has 0 bridgehead atoms. The Hall–Kier alpha value is -3.83. The standard InChI is InChI=1S/C32H30F6N6OS/c33-17-13-31(8-5-11-44(31)15-17)16-45-30-41-26-19(29(42-30)43-9-3-1-2-4-10-43)12-21(32(36,37)38)24(25(26)35)18-6-7-22(34)27-23(18)20(14-39)28(40)46-27/h6-7,12,17H,1-5,8-11,13,15-16,40H2. The van der Waals surface area contributed by atoms with E-state index in [1.165, 1.54) is 0 Å². The fourth-order valence-corrected chi connectivity index (χ4v) is 8.37. The number of fused-ring (bicyclic) bond motifs is 3. The van der Waals surface area contributed by atoms with Crippen molar-refractivity contribution in [2.75, 3.05) is 43.4 Å². The minimum absolute atomic E-state index is 0.0474. The van der Waals surface area contributed by atoms with Gasteiger partial charge in [0.05, 0.1) is 21.4 Å². The molecule has 3 saturated heterocycles. The summed E-state index contributed by atoms with van der Waals surface area (Å²) in [5.74, 6) is -1.98. The maximum Gasteiger partial charge on any atom is 0.417 e. The lowest BCUT2D eigenvalue weighted by atomic mass is 9.92.